The highest BCUT2D eigenvalue weighted by Crippen LogP contribution is 2.25. The number of anilines is 1. The number of amides is 2. The van der Waals surface area contributed by atoms with Gasteiger partial charge in [-0.05, 0) is 33.3 Å². The summed E-state index contributed by atoms with van der Waals surface area (Å²) in [6.07, 6.45) is 0.813. The molecule has 1 aromatic rings. The third-order valence-electron chi connectivity index (χ3n) is 4.49. The smallest absolute Gasteiger partial charge is 0.313 e. The van der Waals surface area contributed by atoms with Crippen molar-refractivity contribution in [3.05, 3.63) is 33.9 Å². The minimum Gasteiger partial charge on any atom is -0.333 e. The highest BCUT2D eigenvalue weighted by molar-refractivity contribution is 6.39. The maximum atomic E-state index is 12.4. The number of nitrogens with zero attached hydrogens (tertiary/aromatic N) is 3. The maximum Gasteiger partial charge on any atom is 0.313 e. The van der Waals surface area contributed by atoms with E-state index in [-0.39, 0.29) is 11.4 Å². The van der Waals surface area contributed by atoms with Crippen LogP contribution in [0.4, 0.5) is 11.4 Å². The Morgan fingerprint density at radius 2 is 1.92 bits per heavy atom. The molecule has 0 bridgehead atoms. The van der Waals surface area contributed by atoms with Crippen molar-refractivity contribution in [3.63, 3.8) is 0 Å². The van der Waals surface area contributed by atoms with Gasteiger partial charge in [-0.2, -0.15) is 0 Å². The average Bonchev–Trinajstić information content (AvgIpc) is 2.81. The Balaban J connectivity index is 2.05. The fourth-order valence-corrected chi connectivity index (χ4v) is 2.93. The molecule has 1 aliphatic rings. The Morgan fingerprint density at radius 1 is 1.20 bits per heavy atom. The predicted octanol–water partition coefficient (Wildman–Crippen LogP) is 1.78. The van der Waals surface area contributed by atoms with E-state index in [1.54, 1.807) is 17.9 Å². The van der Waals surface area contributed by atoms with Crippen LogP contribution >= 0.6 is 0 Å². The zero-order chi connectivity index (χ0) is 18.6. The zero-order valence-corrected chi connectivity index (χ0v) is 14.8. The standard InChI is InChI=1S/C17H24N4O4/c1-12(2)19-8-5-9-20(11-10-19)17(23)16(22)18-14-6-4-7-15(13(14)3)21(24)25/h4,6-7,12H,5,8-11H2,1-3H3,(H,18,22). The molecule has 8 nitrogen and oxygen atoms in total. The Labute approximate surface area is 146 Å². The van der Waals surface area contributed by atoms with Crippen molar-refractivity contribution in [1.82, 2.24) is 9.80 Å². The van der Waals surface area contributed by atoms with Crippen molar-refractivity contribution < 1.29 is 14.5 Å². The third kappa shape index (κ3) is 4.54. The van der Waals surface area contributed by atoms with Gasteiger partial charge in [0.15, 0.2) is 0 Å². The summed E-state index contributed by atoms with van der Waals surface area (Å²) in [5.41, 5.74) is 0.522. The van der Waals surface area contributed by atoms with Crippen LogP contribution in [0, 0.1) is 17.0 Å². The molecule has 1 aromatic carbocycles. The Hall–Kier alpha value is -2.48. The van der Waals surface area contributed by atoms with Gasteiger partial charge in [-0.1, -0.05) is 6.07 Å². The molecule has 0 aromatic heterocycles. The van der Waals surface area contributed by atoms with Crippen LogP contribution in [-0.2, 0) is 9.59 Å². The zero-order valence-electron chi connectivity index (χ0n) is 14.8. The topological polar surface area (TPSA) is 95.8 Å². The van der Waals surface area contributed by atoms with Crippen molar-refractivity contribution in [2.24, 2.45) is 0 Å². The molecule has 1 N–H and O–H groups in total. The lowest BCUT2D eigenvalue weighted by Gasteiger charge is -2.24. The van der Waals surface area contributed by atoms with Gasteiger partial charge in [0, 0.05) is 38.3 Å². The molecule has 0 saturated carbocycles. The number of carbonyl (C=O) groups excluding carboxylic acids is 2. The summed E-state index contributed by atoms with van der Waals surface area (Å²) >= 11 is 0. The normalized spacial score (nSPS) is 15.8. The highest BCUT2D eigenvalue weighted by Gasteiger charge is 2.26. The number of nitro groups is 1. The van der Waals surface area contributed by atoms with Crippen LogP contribution in [0.3, 0.4) is 0 Å². The van der Waals surface area contributed by atoms with Crippen molar-refractivity contribution in [2.45, 2.75) is 33.2 Å². The first-order valence-corrected chi connectivity index (χ1v) is 8.39. The van der Waals surface area contributed by atoms with Gasteiger partial charge in [-0.15, -0.1) is 0 Å². The number of nitro benzene ring substituents is 1. The number of hydrogen-bond acceptors (Lipinski definition) is 5. The molecule has 2 rings (SSSR count). The minimum absolute atomic E-state index is 0.0902. The average molecular weight is 348 g/mol. The van der Waals surface area contributed by atoms with Gasteiger partial charge in [0.2, 0.25) is 0 Å². The SMILES string of the molecule is Cc1c(NC(=O)C(=O)N2CCCN(C(C)C)CC2)cccc1[N+](=O)[O-]. The molecular weight excluding hydrogens is 324 g/mol. The van der Waals surface area contributed by atoms with Gasteiger partial charge in [0.1, 0.15) is 0 Å². The third-order valence-corrected chi connectivity index (χ3v) is 4.49. The Morgan fingerprint density at radius 3 is 2.56 bits per heavy atom. The molecule has 0 spiro atoms. The molecule has 0 radical (unpaired) electrons. The summed E-state index contributed by atoms with van der Waals surface area (Å²) in [4.78, 5) is 39.0. The molecule has 8 heteroatoms. The molecule has 0 aliphatic carbocycles. The number of hydrogen-bond donors (Lipinski definition) is 1. The second-order valence-electron chi connectivity index (χ2n) is 6.44. The lowest BCUT2D eigenvalue weighted by molar-refractivity contribution is -0.385. The first kappa shape index (κ1) is 18.9. The molecule has 1 saturated heterocycles. The van der Waals surface area contributed by atoms with Gasteiger partial charge in [0.05, 0.1) is 16.2 Å². The maximum absolute atomic E-state index is 12.4. The molecule has 0 atom stereocenters. The van der Waals surface area contributed by atoms with Crippen molar-refractivity contribution in [1.29, 1.82) is 0 Å². The van der Waals surface area contributed by atoms with E-state index in [1.807, 2.05) is 0 Å². The highest BCUT2D eigenvalue weighted by atomic mass is 16.6. The molecule has 1 aliphatic heterocycles. The van der Waals surface area contributed by atoms with Crippen LogP contribution in [0.2, 0.25) is 0 Å². The van der Waals surface area contributed by atoms with Crippen molar-refractivity contribution in [2.75, 3.05) is 31.5 Å². The summed E-state index contributed by atoms with van der Waals surface area (Å²) in [5.74, 6) is -1.36. The van der Waals surface area contributed by atoms with E-state index in [2.05, 4.69) is 24.1 Å². The summed E-state index contributed by atoms with van der Waals surface area (Å²) in [7, 11) is 0. The molecule has 25 heavy (non-hydrogen) atoms. The van der Waals surface area contributed by atoms with E-state index in [4.69, 9.17) is 0 Å². The molecule has 1 fully saturated rings. The molecule has 136 valence electrons. The molecule has 0 unspecified atom stereocenters. The van der Waals surface area contributed by atoms with Crippen LogP contribution in [-0.4, -0.2) is 58.8 Å². The molecule has 2 amide bonds. The number of benzene rings is 1. The van der Waals surface area contributed by atoms with Crippen LogP contribution in [0.15, 0.2) is 18.2 Å². The minimum atomic E-state index is -0.762. The van der Waals surface area contributed by atoms with Gasteiger partial charge in [-0.3, -0.25) is 24.6 Å². The van der Waals surface area contributed by atoms with Crippen LogP contribution < -0.4 is 5.32 Å². The summed E-state index contributed by atoms with van der Waals surface area (Å²) in [5, 5.41) is 13.5. The number of carbonyl (C=O) groups is 2. The van der Waals surface area contributed by atoms with E-state index in [1.165, 1.54) is 12.1 Å². The second-order valence-corrected chi connectivity index (χ2v) is 6.44. The Bertz CT molecular complexity index is 675. The second kappa shape index (κ2) is 8.06. The van der Waals surface area contributed by atoms with Crippen LogP contribution in [0.1, 0.15) is 25.8 Å². The van der Waals surface area contributed by atoms with E-state index in [9.17, 15) is 19.7 Å². The summed E-state index contributed by atoms with van der Waals surface area (Å²) < 4.78 is 0. The van der Waals surface area contributed by atoms with Gasteiger partial charge >= 0.3 is 11.8 Å². The number of rotatable bonds is 3. The fourth-order valence-electron chi connectivity index (χ4n) is 2.93. The summed E-state index contributed by atoms with van der Waals surface area (Å²) in [6, 6.07) is 4.80. The monoisotopic (exact) mass is 348 g/mol. The lowest BCUT2D eigenvalue weighted by Crippen LogP contribution is -2.42. The van der Waals surface area contributed by atoms with E-state index >= 15 is 0 Å². The van der Waals surface area contributed by atoms with Crippen molar-refractivity contribution >= 4 is 23.2 Å². The number of nitrogens with one attached hydrogen (secondary N) is 1. The molecule has 1 heterocycles. The quantitative estimate of drug-likeness (QED) is 0.510. The fraction of sp³-hybridized carbons (Fsp3) is 0.529. The van der Waals surface area contributed by atoms with Gasteiger partial charge in [-0.25, -0.2) is 0 Å². The van der Waals surface area contributed by atoms with E-state index < -0.39 is 16.7 Å². The first-order chi connectivity index (χ1) is 11.8. The largest absolute Gasteiger partial charge is 0.333 e. The predicted molar refractivity (Wildman–Crippen MR) is 94.4 cm³/mol. The molecular formula is C17H24N4O4. The van der Waals surface area contributed by atoms with Gasteiger partial charge in [0.25, 0.3) is 5.69 Å². The summed E-state index contributed by atoms with van der Waals surface area (Å²) in [6.45, 7) is 8.41. The van der Waals surface area contributed by atoms with Crippen molar-refractivity contribution in [3.8, 4) is 0 Å². The van der Waals surface area contributed by atoms with E-state index in [0.717, 1.165) is 19.5 Å². The van der Waals surface area contributed by atoms with Gasteiger partial charge < -0.3 is 10.2 Å². The van der Waals surface area contributed by atoms with E-state index in [0.29, 0.717) is 24.7 Å². The van der Waals surface area contributed by atoms with Crippen LogP contribution in [0.25, 0.3) is 0 Å². The first-order valence-electron chi connectivity index (χ1n) is 8.39. The van der Waals surface area contributed by atoms with Crippen LogP contribution in [0.5, 0.6) is 0 Å². The lowest BCUT2D eigenvalue weighted by atomic mass is 10.1. The Kier molecular flexibility index (Phi) is 6.08.